The molecule has 5 heteroatoms. The number of ether oxygens (including phenoxy) is 1. The molecule has 5 nitrogen and oxygen atoms in total. The van der Waals surface area contributed by atoms with E-state index in [9.17, 15) is 9.90 Å². The Hall–Kier alpha value is -1.85. The number of hydrogen-bond acceptors (Lipinski definition) is 4. The highest BCUT2D eigenvalue weighted by Crippen LogP contribution is 2.36. The summed E-state index contributed by atoms with van der Waals surface area (Å²) in [5.74, 6) is 0.0215. The fraction of sp³-hybridized carbons (Fsp3) is 0.550. The van der Waals surface area contributed by atoms with Gasteiger partial charge in [-0.1, -0.05) is 0 Å². The van der Waals surface area contributed by atoms with Gasteiger partial charge in [0.1, 0.15) is 11.8 Å². The number of furan rings is 1. The lowest BCUT2D eigenvalue weighted by Gasteiger charge is -2.45. The number of likely N-dealkylation sites (tertiary alicyclic amines) is 1. The first-order valence-electron chi connectivity index (χ1n) is 9.07. The van der Waals surface area contributed by atoms with E-state index in [1.54, 1.807) is 6.26 Å². The molecule has 1 aromatic carbocycles. The number of aryl methyl sites for hydroxylation is 2. The monoisotopic (exact) mass is 343 g/mol. The number of piperidine rings is 1. The molecule has 1 atom stereocenters. The van der Waals surface area contributed by atoms with Crippen molar-refractivity contribution in [3.63, 3.8) is 0 Å². The zero-order chi connectivity index (χ0) is 17.6. The van der Waals surface area contributed by atoms with Gasteiger partial charge in [-0.3, -0.25) is 4.79 Å². The molecule has 0 radical (unpaired) electrons. The van der Waals surface area contributed by atoms with Gasteiger partial charge in [0.2, 0.25) is 0 Å². The zero-order valence-corrected chi connectivity index (χ0v) is 14.9. The minimum Gasteiger partial charge on any atom is -0.463 e. The van der Waals surface area contributed by atoms with E-state index < -0.39 is 0 Å². The van der Waals surface area contributed by atoms with Crippen molar-refractivity contribution in [1.82, 2.24) is 4.90 Å². The summed E-state index contributed by atoms with van der Waals surface area (Å²) in [6.45, 7) is 6.01. The van der Waals surface area contributed by atoms with E-state index >= 15 is 0 Å². The average Bonchev–Trinajstić information content (AvgIpc) is 2.98. The highest BCUT2D eigenvalue weighted by Gasteiger charge is 2.41. The van der Waals surface area contributed by atoms with Crippen LogP contribution in [0.2, 0.25) is 0 Å². The molecule has 1 spiro atoms. The van der Waals surface area contributed by atoms with Gasteiger partial charge in [0.15, 0.2) is 0 Å². The molecule has 4 rings (SSSR count). The van der Waals surface area contributed by atoms with Crippen molar-refractivity contribution in [2.45, 2.75) is 51.2 Å². The molecule has 2 aliphatic heterocycles. The standard InChI is InChI=1S/C20H25NO4/c1-13-9-16-17(12-24-18(16)10-14(13)2)19(23)21-6-4-20(5-7-21)11-15(22)3-8-25-20/h9-10,12,15,22H,3-8,11H2,1-2H3. The maximum absolute atomic E-state index is 13.0. The van der Waals surface area contributed by atoms with Crippen LogP contribution in [0.25, 0.3) is 11.0 Å². The summed E-state index contributed by atoms with van der Waals surface area (Å²) in [7, 11) is 0. The molecule has 25 heavy (non-hydrogen) atoms. The van der Waals surface area contributed by atoms with Crippen LogP contribution >= 0.6 is 0 Å². The Bertz CT molecular complexity index is 801. The van der Waals surface area contributed by atoms with Crippen molar-refractivity contribution in [1.29, 1.82) is 0 Å². The number of carbonyl (C=O) groups is 1. The number of carbonyl (C=O) groups excluding carboxylic acids is 1. The topological polar surface area (TPSA) is 62.9 Å². The number of aliphatic hydroxyl groups is 1. The Morgan fingerprint density at radius 2 is 1.96 bits per heavy atom. The summed E-state index contributed by atoms with van der Waals surface area (Å²) in [6, 6.07) is 4.03. The number of rotatable bonds is 1. The van der Waals surface area contributed by atoms with Crippen LogP contribution in [0.4, 0.5) is 0 Å². The van der Waals surface area contributed by atoms with Gasteiger partial charge in [-0.05, 0) is 56.4 Å². The summed E-state index contributed by atoms with van der Waals surface area (Å²) in [6.07, 6.45) is 4.26. The van der Waals surface area contributed by atoms with Crippen molar-refractivity contribution in [3.05, 3.63) is 35.1 Å². The zero-order valence-electron chi connectivity index (χ0n) is 14.9. The second-order valence-electron chi connectivity index (χ2n) is 7.55. The quantitative estimate of drug-likeness (QED) is 0.864. The average molecular weight is 343 g/mol. The smallest absolute Gasteiger partial charge is 0.257 e. The second kappa shape index (κ2) is 6.15. The molecule has 2 saturated heterocycles. The molecule has 0 bridgehead atoms. The Morgan fingerprint density at radius 3 is 2.68 bits per heavy atom. The molecule has 3 heterocycles. The van der Waals surface area contributed by atoms with Crippen molar-refractivity contribution in [3.8, 4) is 0 Å². The number of hydrogen-bond donors (Lipinski definition) is 1. The second-order valence-corrected chi connectivity index (χ2v) is 7.55. The van der Waals surface area contributed by atoms with Gasteiger partial charge in [0.25, 0.3) is 5.91 Å². The maximum Gasteiger partial charge on any atom is 0.257 e. The fourth-order valence-corrected chi connectivity index (χ4v) is 4.09. The molecule has 2 aliphatic rings. The van der Waals surface area contributed by atoms with Crippen LogP contribution in [0.15, 0.2) is 22.8 Å². The first-order valence-corrected chi connectivity index (χ1v) is 9.07. The normalized spacial score (nSPS) is 23.3. The minimum atomic E-state index is -0.278. The van der Waals surface area contributed by atoms with Crippen molar-refractivity contribution in [2.75, 3.05) is 19.7 Å². The van der Waals surface area contributed by atoms with Crippen LogP contribution in [0.1, 0.15) is 47.2 Å². The van der Waals surface area contributed by atoms with E-state index in [4.69, 9.17) is 9.15 Å². The van der Waals surface area contributed by atoms with Gasteiger partial charge in [-0.15, -0.1) is 0 Å². The molecular weight excluding hydrogens is 318 g/mol. The molecule has 0 saturated carbocycles. The number of benzene rings is 1. The highest BCUT2D eigenvalue weighted by molar-refractivity contribution is 6.06. The van der Waals surface area contributed by atoms with Crippen molar-refractivity contribution >= 4 is 16.9 Å². The molecule has 134 valence electrons. The molecule has 1 aromatic heterocycles. The van der Waals surface area contributed by atoms with Crippen LogP contribution in [0.5, 0.6) is 0 Å². The van der Waals surface area contributed by atoms with Gasteiger partial charge >= 0.3 is 0 Å². The fourth-order valence-electron chi connectivity index (χ4n) is 4.09. The van der Waals surface area contributed by atoms with Gasteiger partial charge < -0.3 is 19.2 Å². The third-order valence-corrected chi connectivity index (χ3v) is 5.85. The van der Waals surface area contributed by atoms with E-state index in [2.05, 4.69) is 0 Å². The lowest BCUT2D eigenvalue weighted by atomic mass is 9.83. The first-order chi connectivity index (χ1) is 12.0. The van der Waals surface area contributed by atoms with E-state index in [0.29, 0.717) is 38.1 Å². The molecule has 1 N–H and O–H groups in total. The third kappa shape index (κ3) is 2.96. The Kier molecular flexibility index (Phi) is 4.08. The van der Waals surface area contributed by atoms with E-state index in [-0.39, 0.29) is 17.6 Å². The molecular formula is C20H25NO4. The molecule has 0 aliphatic carbocycles. The Labute approximate surface area is 147 Å². The van der Waals surface area contributed by atoms with Gasteiger partial charge in [0.05, 0.1) is 17.3 Å². The molecule has 1 unspecified atom stereocenters. The Balaban J connectivity index is 1.52. The van der Waals surface area contributed by atoms with E-state index in [0.717, 1.165) is 34.9 Å². The van der Waals surface area contributed by atoms with Crippen LogP contribution in [-0.4, -0.2) is 47.3 Å². The SMILES string of the molecule is Cc1cc2occ(C(=O)N3CCC4(CC3)CC(O)CCO4)c2cc1C. The summed E-state index contributed by atoms with van der Waals surface area (Å²) >= 11 is 0. The number of fused-ring (bicyclic) bond motifs is 1. The summed E-state index contributed by atoms with van der Waals surface area (Å²) < 4.78 is 11.6. The summed E-state index contributed by atoms with van der Waals surface area (Å²) in [5, 5.41) is 10.8. The third-order valence-electron chi connectivity index (χ3n) is 5.85. The first kappa shape index (κ1) is 16.6. The lowest BCUT2D eigenvalue weighted by Crippen LogP contribution is -2.51. The van der Waals surface area contributed by atoms with Crippen LogP contribution in [0, 0.1) is 13.8 Å². The van der Waals surface area contributed by atoms with Crippen molar-refractivity contribution < 1.29 is 19.1 Å². The number of amides is 1. The van der Waals surface area contributed by atoms with Crippen LogP contribution in [-0.2, 0) is 4.74 Å². The number of aliphatic hydroxyl groups excluding tert-OH is 1. The van der Waals surface area contributed by atoms with Gasteiger partial charge in [-0.25, -0.2) is 0 Å². The predicted molar refractivity (Wildman–Crippen MR) is 94.7 cm³/mol. The minimum absolute atomic E-state index is 0.0215. The lowest BCUT2D eigenvalue weighted by molar-refractivity contribution is -0.139. The van der Waals surface area contributed by atoms with Gasteiger partial charge in [-0.2, -0.15) is 0 Å². The molecule has 2 aromatic rings. The van der Waals surface area contributed by atoms with Crippen LogP contribution in [0.3, 0.4) is 0 Å². The molecule has 2 fully saturated rings. The largest absolute Gasteiger partial charge is 0.463 e. The summed E-state index contributed by atoms with van der Waals surface area (Å²) in [4.78, 5) is 14.9. The Morgan fingerprint density at radius 1 is 1.24 bits per heavy atom. The molecule has 1 amide bonds. The highest BCUT2D eigenvalue weighted by atomic mass is 16.5. The van der Waals surface area contributed by atoms with Crippen LogP contribution < -0.4 is 0 Å². The number of nitrogens with zero attached hydrogens (tertiary/aromatic N) is 1. The maximum atomic E-state index is 13.0. The van der Waals surface area contributed by atoms with E-state index in [1.807, 2.05) is 30.9 Å². The van der Waals surface area contributed by atoms with Crippen molar-refractivity contribution in [2.24, 2.45) is 0 Å². The van der Waals surface area contributed by atoms with E-state index in [1.165, 1.54) is 0 Å². The van der Waals surface area contributed by atoms with Gasteiger partial charge in [0, 0.05) is 31.5 Å². The summed E-state index contributed by atoms with van der Waals surface area (Å²) in [5.41, 5.74) is 3.47. The predicted octanol–water partition coefficient (Wildman–Crippen LogP) is 3.20.